The SMILES string of the molecule is O=C(O)[C@H](O)[C@@H](O)[C@@H](O)[C@@H](O)[C@H](O)CO. The van der Waals surface area contributed by atoms with Crippen LogP contribution in [0.2, 0.25) is 0 Å². The predicted molar refractivity (Wildman–Crippen MR) is 44.8 cm³/mol. The average Bonchev–Trinajstić information content (AvgIpc) is 2.23. The van der Waals surface area contributed by atoms with Gasteiger partial charge in [-0.2, -0.15) is 0 Å². The number of carboxylic acid groups (broad SMARTS) is 1. The molecule has 15 heavy (non-hydrogen) atoms. The van der Waals surface area contributed by atoms with Crippen LogP contribution < -0.4 is 0 Å². The highest BCUT2D eigenvalue weighted by atomic mass is 16.4. The third-order valence-corrected chi connectivity index (χ3v) is 1.86. The number of carbonyl (C=O) groups is 1. The van der Waals surface area contributed by atoms with Gasteiger partial charge >= 0.3 is 5.97 Å². The van der Waals surface area contributed by atoms with E-state index in [0.717, 1.165) is 0 Å². The lowest BCUT2D eigenvalue weighted by Gasteiger charge is -2.26. The first-order valence-electron chi connectivity index (χ1n) is 4.07. The summed E-state index contributed by atoms with van der Waals surface area (Å²) >= 11 is 0. The predicted octanol–water partition coefficient (Wildman–Crippen LogP) is -4.13. The van der Waals surface area contributed by atoms with E-state index < -0.39 is 43.1 Å². The first-order valence-corrected chi connectivity index (χ1v) is 4.07. The molecule has 0 amide bonds. The van der Waals surface area contributed by atoms with Crippen LogP contribution in [0.25, 0.3) is 0 Å². The Labute approximate surface area is 84.7 Å². The minimum atomic E-state index is -2.29. The maximum Gasteiger partial charge on any atom is 0.335 e. The van der Waals surface area contributed by atoms with E-state index in [2.05, 4.69) is 0 Å². The molecule has 0 fully saturated rings. The van der Waals surface area contributed by atoms with Crippen LogP contribution in [0.5, 0.6) is 0 Å². The molecule has 0 aromatic carbocycles. The van der Waals surface area contributed by atoms with Gasteiger partial charge in [-0.25, -0.2) is 4.79 Å². The Kier molecular flexibility index (Phi) is 5.65. The number of hydrogen-bond donors (Lipinski definition) is 7. The van der Waals surface area contributed by atoms with Crippen LogP contribution in [0.4, 0.5) is 0 Å². The molecule has 0 saturated heterocycles. The molecule has 0 radical (unpaired) electrons. The van der Waals surface area contributed by atoms with Crippen LogP contribution in [-0.4, -0.2) is 78.8 Å². The third-order valence-electron chi connectivity index (χ3n) is 1.86. The molecule has 0 unspecified atom stereocenters. The van der Waals surface area contributed by atoms with Crippen molar-refractivity contribution >= 4 is 5.97 Å². The van der Waals surface area contributed by atoms with E-state index in [4.69, 9.17) is 35.7 Å². The van der Waals surface area contributed by atoms with Gasteiger partial charge in [-0.15, -0.1) is 0 Å². The lowest BCUT2D eigenvalue weighted by atomic mass is 9.99. The minimum Gasteiger partial charge on any atom is -0.479 e. The molecule has 0 spiro atoms. The van der Waals surface area contributed by atoms with Crippen molar-refractivity contribution < 1.29 is 40.5 Å². The molecular formula is C7H14O8. The number of rotatable bonds is 6. The molecule has 0 aromatic rings. The Balaban J connectivity index is 4.42. The molecule has 0 saturated carbocycles. The second-order valence-electron chi connectivity index (χ2n) is 3.00. The van der Waals surface area contributed by atoms with E-state index in [-0.39, 0.29) is 0 Å². The maximum absolute atomic E-state index is 10.2. The summed E-state index contributed by atoms with van der Waals surface area (Å²) in [6.45, 7) is -0.881. The Hall–Kier alpha value is -0.770. The van der Waals surface area contributed by atoms with Crippen LogP contribution in [0.15, 0.2) is 0 Å². The molecule has 5 atom stereocenters. The average molecular weight is 226 g/mol. The van der Waals surface area contributed by atoms with Crippen LogP contribution in [0.3, 0.4) is 0 Å². The second-order valence-corrected chi connectivity index (χ2v) is 3.00. The van der Waals surface area contributed by atoms with Gasteiger partial charge in [0.1, 0.15) is 24.4 Å². The standard InChI is InChI=1S/C7H14O8/c8-1-2(9)3(10)4(11)5(12)6(13)7(14)15/h2-6,8-13H,1H2,(H,14,15)/t2-,3+,4+,5+,6-/m1/s1. The fraction of sp³-hybridized carbons (Fsp3) is 0.857. The lowest BCUT2D eigenvalue weighted by Crippen LogP contribution is -2.51. The van der Waals surface area contributed by atoms with E-state index in [9.17, 15) is 4.79 Å². The number of carboxylic acids is 1. The topological polar surface area (TPSA) is 159 Å². The van der Waals surface area contributed by atoms with Crippen molar-refractivity contribution in [3.8, 4) is 0 Å². The summed E-state index contributed by atoms with van der Waals surface area (Å²) in [5.41, 5.74) is 0. The van der Waals surface area contributed by atoms with Gasteiger partial charge in [-0.3, -0.25) is 0 Å². The fourth-order valence-electron chi connectivity index (χ4n) is 0.870. The monoisotopic (exact) mass is 226 g/mol. The van der Waals surface area contributed by atoms with Crippen LogP contribution in [0.1, 0.15) is 0 Å². The molecule has 0 aromatic heterocycles. The highest BCUT2D eigenvalue weighted by Crippen LogP contribution is 2.08. The van der Waals surface area contributed by atoms with Crippen molar-refractivity contribution in [2.24, 2.45) is 0 Å². The van der Waals surface area contributed by atoms with Crippen LogP contribution >= 0.6 is 0 Å². The summed E-state index contributed by atoms with van der Waals surface area (Å²) in [5, 5.41) is 61.5. The van der Waals surface area contributed by atoms with Crippen molar-refractivity contribution in [2.45, 2.75) is 30.5 Å². The molecule has 7 N–H and O–H groups in total. The largest absolute Gasteiger partial charge is 0.479 e. The van der Waals surface area contributed by atoms with E-state index >= 15 is 0 Å². The lowest BCUT2D eigenvalue weighted by molar-refractivity contribution is -0.169. The van der Waals surface area contributed by atoms with Crippen molar-refractivity contribution in [3.05, 3.63) is 0 Å². The van der Waals surface area contributed by atoms with Gasteiger partial charge in [-0.05, 0) is 0 Å². The van der Waals surface area contributed by atoms with Gasteiger partial charge in [0.15, 0.2) is 6.10 Å². The molecule has 0 aliphatic carbocycles. The molecule has 0 bridgehead atoms. The number of aliphatic hydroxyl groups is 6. The molecule has 0 rings (SSSR count). The summed E-state index contributed by atoms with van der Waals surface area (Å²) < 4.78 is 0. The van der Waals surface area contributed by atoms with Gasteiger partial charge in [-0.1, -0.05) is 0 Å². The van der Waals surface area contributed by atoms with Crippen molar-refractivity contribution in [1.29, 1.82) is 0 Å². The first kappa shape index (κ1) is 14.2. The van der Waals surface area contributed by atoms with Crippen molar-refractivity contribution in [1.82, 2.24) is 0 Å². The quantitative estimate of drug-likeness (QED) is 0.240. The van der Waals surface area contributed by atoms with Crippen molar-refractivity contribution in [2.75, 3.05) is 6.61 Å². The maximum atomic E-state index is 10.2. The molecule has 90 valence electrons. The fourth-order valence-corrected chi connectivity index (χ4v) is 0.870. The molecule has 8 heteroatoms. The van der Waals surface area contributed by atoms with Crippen LogP contribution in [0, 0.1) is 0 Å². The Morgan fingerprint density at radius 3 is 1.73 bits per heavy atom. The Morgan fingerprint density at radius 2 is 1.40 bits per heavy atom. The smallest absolute Gasteiger partial charge is 0.335 e. The molecule has 0 heterocycles. The highest BCUT2D eigenvalue weighted by Gasteiger charge is 2.36. The number of hydrogen-bond acceptors (Lipinski definition) is 7. The molecule has 0 aliphatic rings. The highest BCUT2D eigenvalue weighted by molar-refractivity contribution is 5.72. The summed E-state index contributed by atoms with van der Waals surface area (Å²) in [6, 6.07) is 0. The molecule has 0 aliphatic heterocycles. The molecular weight excluding hydrogens is 212 g/mol. The zero-order valence-electron chi connectivity index (χ0n) is 7.63. The van der Waals surface area contributed by atoms with E-state index in [1.54, 1.807) is 0 Å². The Bertz CT molecular complexity index is 207. The normalized spacial score (nSPS) is 21.5. The van der Waals surface area contributed by atoms with Gasteiger partial charge < -0.3 is 35.7 Å². The van der Waals surface area contributed by atoms with Gasteiger partial charge in [0.2, 0.25) is 0 Å². The zero-order chi connectivity index (χ0) is 12.2. The van der Waals surface area contributed by atoms with Crippen LogP contribution in [-0.2, 0) is 4.79 Å². The second kappa shape index (κ2) is 5.95. The van der Waals surface area contributed by atoms with E-state index in [0.29, 0.717) is 0 Å². The van der Waals surface area contributed by atoms with E-state index in [1.807, 2.05) is 0 Å². The summed E-state index contributed by atoms with van der Waals surface area (Å²) in [6.07, 6.45) is -10.2. The van der Waals surface area contributed by atoms with Gasteiger partial charge in [0.05, 0.1) is 6.61 Å². The summed E-state index contributed by atoms with van der Waals surface area (Å²) in [7, 11) is 0. The van der Waals surface area contributed by atoms with Gasteiger partial charge in [0, 0.05) is 0 Å². The molecule has 8 nitrogen and oxygen atoms in total. The minimum absolute atomic E-state index is 0.881. The summed E-state index contributed by atoms with van der Waals surface area (Å²) in [4.78, 5) is 10.2. The third kappa shape index (κ3) is 3.70. The summed E-state index contributed by atoms with van der Waals surface area (Å²) in [5.74, 6) is -1.78. The number of aliphatic carboxylic acids is 1. The zero-order valence-corrected chi connectivity index (χ0v) is 7.63. The van der Waals surface area contributed by atoms with Gasteiger partial charge in [0.25, 0.3) is 0 Å². The first-order chi connectivity index (χ1) is 6.82. The van der Waals surface area contributed by atoms with E-state index in [1.165, 1.54) is 0 Å². The Morgan fingerprint density at radius 1 is 0.933 bits per heavy atom. The number of aliphatic hydroxyl groups excluding tert-OH is 6. The van der Waals surface area contributed by atoms with Crippen molar-refractivity contribution in [3.63, 3.8) is 0 Å².